The van der Waals surface area contributed by atoms with Crippen LogP contribution in [0, 0.1) is 5.95 Å². The van der Waals surface area contributed by atoms with E-state index in [0.29, 0.717) is 11.5 Å². The van der Waals surface area contributed by atoms with Crippen molar-refractivity contribution in [2.45, 2.75) is 12.1 Å². The monoisotopic (exact) mass is 346 g/mol. The SMILES string of the molecule is CCOOc1nc(SOc2ccccc2OC)nc(F)c1Cl. The van der Waals surface area contributed by atoms with Crippen LogP contribution in [0.25, 0.3) is 0 Å². The molecule has 6 nitrogen and oxygen atoms in total. The molecule has 22 heavy (non-hydrogen) atoms. The molecule has 0 saturated carbocycles. The number of rotatable bonds is 7. The molecule has 0 bridgehead atoms. The summed E-state index contributed by atoms with van der Waals surface area (Å²) in [6.45, 7) is 1.95. The normalized spacial score (nSPS) is 10.4. The van der Waals surface area contributed by atoms with Gasteiger partial charge >= 0.3 is 0 Å². The molecule has 0 aliphatic carbocycles. The van der Waals surface area contributed by atoms with Gasteiger partial charge in [-0.2, -0.15) is 19.2 Å². The van der Waals surface area contributed by atoms with E-state index in [1.165, 1.54) is 7.11 Å². The molecule has 0 aliphatic rings. The van der Waals surface area contributed by atoms with Gasteiger partial charge in [-0.05, 0) is 19.1 Å². The van der Waals surface area contributed by atoms with Crippen LogP contribution in [-0.2, 0) is 4.89 Å². The summed E-state index contributed by atoms with van der Waals surface area (Å²) in [4.78, 5) is 17.0. The van der Waals surface area contributed by atoms with Gasteiger partial charge in [-0.15, -0.1) is 0 Å². The van der Waals surface area contributed by atoms with E-state index in [0.717, 1.165) is 12.0 Å². The summed E-state index contributed by atoms with van der Waals surface area (Å²) in [6.07, 6.45) is 0. The maximum Gasteiger partial charge on any atom is 0.282 e. The summed E-state index contributed by atoms with van der Waals surface area (Å²) in [7, 11) is 1.51. The van der Waals surface area contributed by atoms with E-state index in [1.807, 2.05) is 0 Å². The number of para-hydroxylation sites is 2. The van der Waals surface area contributed by atoms with E-state index in [4.69, 9.17) is 30.3 Å². The van der Waals surface area contributed by atoms with Crippen molar-refractivity contribution in [1.29, 1.82) is 0 Å². The maximum absolute atomic E-state index is 13.6. The van der Waals surface area contributed by atoms with E-state index in [-0.39, 0.29) is 22.7 Å². The molecular formula is C13H12ClFN2O4S. The van der Waals surface area contributed by atoms with Crippen molar-refractivity contribution in [2.75, 3.05) is 13.7 Å². The van der Waals surface area contributed by atoms with Crippen molar-refractivity contribution in [1.82, 2.24) is 9.97 Å². The predicted octanol–water partition coefficient (Wildman–Crippen LogP) is 3.69. The molecule has 0 N–H and O–H groups in total. The molecule has 0 saturated heterocycles. The molecule has 0 amide bonds. The summed E-state index contributed by atoms with van der Waals surface area (Å²) >= 11 is 6.43. The van der Waals surface area contributed by atoms with Crippen molar-refractivity contribution < 1.29 is 23.1 Å². The second kappa shape index (κ2) is 8.02. The van der Waals surface area contributed by atoms with Crippen LogP contribution in [0.1, 0.15) is 6.92 Å². The summed E-state index contributed by atoms with van der Waals surface area (Å²) in [6, 6.07) is 6.98. The fourth-order valence-electron chi connectivity index (χ4n) is 1.36. The number of nitrogens with zero attached hydrogens (tertiary/aromatic N) is 2. The quantitative estimate of drug-likeness (QED) is 0.249. The number of ether oxygens (including phenoxy) is 1. The lowest BCUT2D eigenvalue weighted by Crippen LogP contribution is -2.03. The van der Waals surface area contributed by atoms with Crippen LogP contribution in [-0.4, -0.2) is 23.7 Å². The number of hydrogen-bond donors (Lipinski definition) is 0. The fourth-order valence-corrected chi connectivity index (χ4v) is 2.01. The summed E-state index contributed by atoms with van der Waals surface area (Å²) < 4.78 is 24.2. The Hall–Kier alpha value is -1.77. The Balaban J connectivity index is 2.14. The standard InChI is InChI=1S/C13H12ClFN2O4S/c1-3-19-20-12-10(14)11(15)16-13(17-12)22-21-9-7-5-4-6-8(9)18-2/h4-7H,3H2,1-2H3. The third kappa shape index (κ3) is 4.12. The molecule has 2 aromatic rings. The highest BCUT2D eigenvalue weighted by molar-refractivity contribution is 7.94. The molecule has 9 heteroatoms. The lowest BCUT2D eigenvalue weighted by atomic mass is 10.3. The zero-order valence-corrected chi connectivity index (χ0v) is 13.3. The zero-order valence-electron chi connectivity index (χ0n) is 11.7. The lowest BCUT2D eigenvalue weighted by Gasteiger charge is -2.09. The number of aromatic nitrogens is 2. The Bertz CT molecular complexity index is 647. The minimum absolute atomic E-state index is 0.0255. The minimum Gasteiger partial charge on any atom is -0.493 e. The van der Waals surface area contributed by atoms with Crippen molar-refractivity contribution in [2.24, 2.45) is 0 Å². The smallest absolute Gasteiger partial charge is 0.282 e. The van der Waals surface area contributed by atoms with Crippen LogP contribution in [0.5, 0.6) is 17.4 Å². The Morgan fingerprint density at radius 1 is 1.23 bits per heavy atom. The first-order chi connectivity index (χ1) is 10.7. The van der Waals surface area contributed by atoms with Gasteiger partial charge < -0.3 is 13.8 Å². The average molecular weight is 347 g/mol. The summed E-state index contributed by atoms with van der Waals surface area (Å²) in [5.41, 5.74) is 0. The molecule has 0 radical (unpaired) electrons. The highest BCUT2D eigenvalue weighted by Crippen LogP contribution is 2.32. The number of benzene rings is 1. The molecular weight excluding hydrogens is 335 g/mol. The number of methoxy groups -OCH3 is 1. The average Bonchev–Trinajstić information content (AvgIpc) is 2.54. The van der Waals surface area contributed by atoms with Crippen LogP contribution in [0.2, 0.25) is 5.02 Å². The highest BCUT2D eigenvalue weighted by Gasteiger charge is 2.17. The van der Waals surface area contributed by atoms with Gasteiger partial charge in [0.15, 0.2) is 16.5 Å². The fraction of sp³-hybridized carbons (Fsp3) is 0.231. The Kier molecular flexibility index (Phi) is 6.05. The molecule has 2 rings (SSSR count). The van der Waals surface area contributed by atoms with E-state index >= 15 is 0 Å². The van der Waals surface area contributed by atoms with E-state index in [1.54, 1.807) is 31.2 Å². The number of halogens is 2. The van der Waals surface area contributed by atoms with Gasteiger partial charge in [0.1, 0.15) is 12.0 Å². The molecule has 0 aliphatic heterocycles. The topological polar surface area (TPSA) is 62.7 Å². The molecule has 1 aromatic carbocycles. The van der Waals surface area contributed by atoms with Crippen molar-refractivity contribution in [3.8, 4) is 17.4 Å². The number of hydrogen-bond acceptors (Lipinski definition) is 7. The van der Waals surface area contributed by atoms with Gasteiger partial charge in [-0.25, -0.2) is 0 Å². The van der Waals surface area contributed by atoms with E-state index in [2.05, 4.69) is 9.97 Å². The van der Waals surface area contributed by atoms with Crippen molar-refractivity contribution in [3.05, 3.63) is 35.2 Å². The maximum atomic E-state index is 13.6. The van der Waals surface area contributed by atoms with Gasteiger partial charge in [-0.3, -0.25) is 0 Å². The van der Waals surface area contributed by atoms with Gasteiger partial charge in [-0.1, -0.05) is 23.7 Å². The van der Waals surface area contributed by atoms with Crippen LogP contribution >= 0.6 is 23.6 Å². The van der Waals surface area contributed by atoms with Crippen LogP contribution in [0.3, 0.4) is 0 Å². The first kappa shape index (κ1) is 16.6. The third-order valence-corrected chi connectivity index (χ3v) is 3.20. The predicted molar refractivity (Wildman–Crippen MR) is 78.7 cm³/mol. The van der Waals surface area contributed by atoms with Crippen LogP contribution in [0.15, 0.2) is 29.4 Å². The second-order valence-electron chi connectivity index (χ2n) is 3.72. The minimum atomic E-state index is -0.933. The first-order valence-corrected chi connectivity index (χ1v) is 7.27. The van der Waals surface area contributed by atoms with Gasteiger partial charge in [0.05, 0.1) is 13.7 Å². The third-order valence-electron chi connectivity index (χ3n) is 2.29. The first-order valence-electron chi connectivity index (χ1n) is 6.15. The summed E-state index contributed by atoms with van der Waals surface area (Å²) in [5, 5.41) is -0.391. The molecule has 0 fully saturated rings. The zero-order chi connectivity index (χ0) is 15.9. The molecule has 118 valence electrons. The Morgan fingerprint density at radius 3 is 2.64 bits per heavy atom. The Labute approximate surface area is 135 Å². The molecule has 1 heterocycles. The van der Waals surface area contributed by atoms with Crippen molar-refractivity contribution >= 4 is 23.6 Å². The van der Waals surface area contributed by atoms with Crippen LogP contribution in [0.4, 0.5) is 4.39 Å². The largest absolute Gasteiger partial charge is 0.493 e. The molecule has 0 atom stereocenters. The van der Waals surface area contributed by atoms with E-state index < -0.39 is 5.95 Å². The van der Waals surface area contributed by atoms with Crippen LogP contribution < -0.4 is 13.8 Å². The summed E-state index contributed by atoms with van der Waals surface area (Å²) in [5.74, 6) is -0.184. The second-order valence-corrected chi connectivity index (χ2v) is 4.80. The molecule has 1 aromatic heterocycles. The van der Waals surface area contributed by atoms with Gasteiger partial charge in [0.25, 0.3) is 5.88 Å². The lowest BCUT2D eigenvalue weighted by molar-refractivity contribution is -0.205. The van der Waals surface area contributed by atoms with Gasteiger partial charge in [0.2, 0.25) is 11.1 Å². The molecule has 0 spiro atoms. The molecule has 0 unspecified atom stereocenters. The Morgan fingerprint density at radius 2 is 1.95 bits per heavy atom. The van der Waals surface area contributed by atoms with E-state index in [9.17, 15) is 4.39 Å². The highest BCUT2D eigenvalue weighted by atomic mass is 35.5. The van der Waals surface area contributed by atoms with Gasteiger partial charge in [0, 0.05) is 0 Å². The van der Waals surface area contributed by atoms with Crippen molar-refractivity contribution in [3.63, 3.8) is 0 Å².